The molecule has 0 unspecified atom stereocenters. The summed E-state index contributed by atoms with van der Waals surface area (Å²) in [4.78, 5) is 5.80. The first kappa shape index (κ1) is 30.5. The first-order valence-corrected chi connectivity index (χ1v) is 16.7. The summed E-state index contributed by atoms with van der Waals surface area (Å²) in [6.45, 7) is 3.93. The summed E-state index contributed by atoms with van der Waals surface area (Å²) in [5.74, 6) is 0. The molecule has 224 valence electrons. The van der Waals surface area contributed by atoms with Crippen molar-refractivity contribution in [3.63, 3.8) is 0 Å². The van der Waals surface area contributed by atoms with Crippen LogP contribution in [0.1, 0.15) is 27.8 Å². The van der Waals surface area contributed by atoms with E-state index in [1.165, 1.54) is 36.4 Å². The summed E-state index contributed by atoms with van der Waals surface area (Å²) in [7, 11) is -8.14. The summed E-state index contributed by atoms with van der Waals surface area (Å²) in [6, 6.07) is 36.3. The van der Waals surface area contributed by atoms with Crippen molar-refractivity contribution in [3.05, 3.63) is 155 Å². The van der Waals surface area contributed by atoms with Gasteiger partial charge in [-0.3, -0.25) is 9.44 Å². The molecule has 0 saturated heterocycles. The highest BCUT2D eigenvalue weighted by Gasteiger charge is 2.22. The van der Waals surface area contributed by atoms with Crippen LogP contribution in [0.2, 0.25) is 0 Å². The van der Waals surface area contributed by atoms with E-state index in [0.717, 1.165) is 22.3 Å². The molecule has 0 aliphatic heterocycles. The second-order valence-electron chi connectivity index (χ2n) is 10.2. The Balaban J connectivity index is 1.57. The van der Waals surface area contributed by atoms with Crippen molar-refractivity contribution >= 4 is 37.1 Å². The van der Waals surface area contributed by atoms with Gasteiger partial charge in [0.15, 0.2) is 0 Å². The molecule has 0 atom stereocenters. The Hall–Kier alpha value is -4.93. The van der Waals surface area contributed by atoms with Crippen molar-refractivity contribution in [2.75, 3.05) is 9.44 Å². The molecule has 5 aromatic carbocycles. The van der Waals surface area contributed by atoms with E-state index >= 15 is 0 Å². The fourth-order valence-electron chi connectivity index (χ4n) is 4.32. The maximum atomic E-state index is 13.5. The molecule has 5 aromatic rings. The van der Waals surface area contributed by atoms with Gasteiger partial charge in [0.1, 0.15) is 12.3 Å². The molecule has 0 fully saturated rings. The molecular formula is C34H31N3O5S2. The van der Waals surface area contributed by atoms with Gasteiger partial charge in [-0.2, -0.15) is 0 Å². The zero-order valence-corrected chi connectivity index (χ0v) is 25.8. The average molecular weight is 626 g/mol. The first-order valence-electron chi connectivity index (χ1n) is 13.7. The third kappa shape index (κ3) is 7.52. The van der Waals surface area contributed by atoms with Gasteiger partial charge in [-0.1, -0.05) is 107 Å². The number of nitrogens with zero attached hydrogens (tertiary/aromatic N) is 1. The van der Waals surface area contributed by atoms with Crippen molar-refractivity contribution in [2.45, 2.75) is 30.2 Å². The molecule has 0 aliphatic carbocycles. The molecule has 0 aromatic heterocycles. The van der Waals surface area contributed by atoms with E-state index < -0.39 is 20.0 Å². The Morgan fingerprint density at radius 1 is 0.591 bits per heavy atom. The van der Waals surface area contributed by atoms with Gasteiger partial charge in [-0.25, -0.2) is 16.8 Å². The third-order valence-corrected chi connectivity index (χ3v) is 9.48. The molecule has 0 bridgehead atoms. The quantitative estimate of drug-likeness (QED) is 0.123. The topological polar surface area (TPSA) is 114 Å². The van der Waals surface area contributed by atoms with Gasteiger partial charge in [0.2, 0.25) is 0 Å². The minimum absolute atomic E-state index is 0.0189. The van der Waals surface area contributed by atoms with Gasteiger partial charge in [-0.05, 0) is 55.8 Å². The number of hydrogen-bond donors (Lipinski definition) is 2. The number of hydrogen-bond acceptors (Lipinski definition) is 6. The summed E-state index contributed by atoms with van der Waals surface area (Å²) in [6.07, 6.45) is 0. The molecule has 0 radical (unpaired) electrons. The monoisotopic (exact) mass is 625 g/mol. The third-order valence-electron chi connectivity index (χ3n) is 6.72. The highest BCUT2D eigenvalue weighted by Crippen LogP contribution is 2.30. The van der Waals surface area contributed by atoms with E-state index in [9.17, 15) is 16.8 Å². The Morgan fingerprint density at radius 3 is 1.64 bits per heavy atom. The zero-order chi connectivity index (χ0) is 31.2. The van der Waals surface area contributed by atoms with Gasteiger partial charge in [0.05, 0.1) is 21.2 Å². The average Bonchev–Trinajstić information content (AvgIpc) is 3.01. The second kappa shape index (κ2) is 13.2. The van der Waals surface area contributed by atoms with E-state index in [1.54, 1.807) is 30.3 Å². The predicted octanol–water partition coefficient (Wildman–Crippen LogP) is 6.87. The van der Waals surface area contributed by atoms with E-state index in [1.807, 2.05) is 74.5 Å². The standard InChI is InChI=1S/C34H31N3O5S2/c1-25-13-18-30(19-14-25)43(38,39)36-32-22-17-29(23-33(32)37-44(40,41)31-20-15-26(2)16-21-31)34(28-11-7-4-8-12-28)35-42-24-27-9-5-3-6-10-27/h3-23,36-37H,24H2,1-2H3/b35-34+. The molecule has 0 amide bonds. The summed E-state index contributed by atoms with van der Waals surface area (Å²) in [5, 5.41) is 4.43. The van der Waals surface area contributed by atoms with Gasteiger partial charge in [0, 0.05) is 11.1 Å². The lowest BCUT2D eigenvalue weighted by atomic mass is 10.0. The number of nitrogens with one attached hydrogen (secondary N) is 2. The van der Waals surface area contributed by atoms with Crippen LogP contribution in [0, 0.1) is 13.8 Å². The molecule has 0 saturated carbocycles. The molecule has 0 spiro atoms. The summed E-state index contributed by atoms with van der Waals surface area (Å²) >= 11 is 0. The Labute approximate surface area is 258 Å². The predicted molar refractivity (Wildman–Crippen MR) is 174 cm³/mol. The van der Waals surface area contributed by atoms with Crippen LogP contribution >= 0.6 is 0 Å². The van der Waals surface area contributed by atoms with Gasteiger partial charge in [0.25, 0.3) is 20.0 Å². The second-order valence-corrected chi connectivity index (χ2v) is 13.5. The van der Waals surface area contributed by atoms with Crippen molar-refractivity contribution in [2.24, 2.45) is 5.16 Å². The lowest BCUT2D eigenvalue weighted by molar-refractivity contribution is 0.131. The zero-order valence-electron chi connectivity index (χ0n) is 24.1. The van der Waals surface area contributed by atoms with Crippen LogP contribution in [0.25, 0.3) is 0 Å². The Morgan fingerprint density at radius 2 is 1.09 bits per heavy atom. The molecule has 8 nitrogen and oxygen atoms in total. The summed E-state index contributed by atoms with van der Waals surface area (Å²) in [5.41, 5.74) is 4.46. The number of benzene rings is 5. The molecule has 44 heavy (non-hydrogen) atoms. The number of oxime groups is 1. The molecular weight excluding hydrogens is 595 g/mol. The first-order chi connectivity index (χ1) is 21.1. The maximum Gasteiger partial charge on any atom is 0.261 e. The van der Waals surface area contributed by atoms with Crippen LogP contribution in [-0.4, -0.2) is 22.5 Å². The minimum Gasteiger partial charge on any atom is -0.390 e. The van der Waals surface area contributed by atoms with Crippen LogP contribution in [0.5, 0.6) is 0 Å². The minimum atomic E-state index is -4.09. The maximum absolute atomic E-state index is 13.5. The molecule has 0 aliphatic rings. The molecule has 2 N–H and O–H groups in total. The number of sulfonamides is 2. The van der Waals surface area contributed by atoms with Gasteiger partial charge < -0.3 is 4.84 Å². The van der Waals surface area contributed by atoms with E-state index in [2.05, 4.69) is 14.6 Å². The number of aryl methyl sites for hydroxylation is 2. The summed E-state index contributed by atoms with van der Waals surface area (Å²) < 4.78 is 58.7. The fourth-order valence-corrected chi connectivity index (χ4v) is 6.47. The number of anilines is 2. The largest absolute Gasteiger partial charge is 0.390 e. The highest BCUT2D eigenvalue weighted by atomic mass is 32.2. The lowest BCUT2D eigenvalue weighted by Crippen LogP contribution is -2.18. The smallest absolute Gasteiger partial charge is 0.261 e. The van der Waals surface area contributed by atoms with E-state index in [4.69, 9.17) is 4.84 Å². The fraction of sp³-hybridized carbons (Fsp3) is 0.0882. The van der Waals surface area contributed by atoms with Crippen molar-refractivity contribution < 1.29 is 21.7 Å². The Bertz CT molecular complexity index is 1980. The van der Waals surface area contributed by atoms with Crippen LogP contribution < -0.4 is 9.44 Å². The van der Waals surface area contributed by atoms with Crippen LogP contribution in [0.4, 0.5) is 11.4 Å². The lowest BCUT2D eigenvalue weighted by Gasteiger charge is -2.17. The van der Waals surface area contributed by atoms with Crippen LogP contribution in [-0.2, 0) is 31.5 Å². The number of rotatable bonds is 11. The molecule has 0 heterocycles. The van der Waals surface area contributed by atoms with Gasteiger partial charge >= 0.3 is 0 Å². The van der Waals surface area contributed by atoms with Crippen LogP contribution in [0.15, 0.2) is 142 Å². The van der Waals surface area contributed by atoms with Crippen molar-refractivity contribution in [3.8, 4) is 0 Å². The molecule has 5 rings (SSSR count). The normalized spacial score (nSPS) is 12.0. The van der Waals surface area contributed by atoms with Crippen molar-refractivity contribution in [1.82, 2.24) is 0 Å². The highest BCUT2D eigenvalue weighted by molar-refractivity contribution is 7.93. The van der Waals surface area contributed by atoms with Gasteiger partial charge in [-0.15, -0.1) is 0 Å². The van der Waals surface area contributed by atoms with Crippen LogP contribution in [0.3, 0.4) is 0 Å². The van der Waals surface area contributed by atoms with E-state index in [0.29, 0.717) is 11.3 Å². The molecule has 10 heteroatoms. The SMILES string of the molecule is Cc1ccc(S(=O)(=O)Nc2ccc(/C(=N/OCc3ccccc3)c3ccccc3)cc2NS(=O)(=O)c2ccc(C)cc2)cc1. The van der Waals surface area contributed by atoms with Crippen molar-refractivity contribution in [1.29, 1.82) is 0 Å². The van der Waals surface area contributed by atoms with E-state index in [-0.39, 0.29) is 27.8 Å². The Kier molecular flexibility index (Phi) is 9.12.